The molecule has 3 rings (SSSR count). The number of carbonyl (C=O) groups excluding carboxylic acids is 1. The molecule has 0 radical (unpaired) electrons. The molecule has 1 heterocycles. The standard InChI is InChI=1S/C22H28N2O5S/c1-16-6-9-19(10-7-16)30(26,27)24(20-13-17(2)8-11-21(20)28-3)15-22(25)23-14-18-5-4-12-29-18/h6-11,13,18H,4-5,12,14-15H2,1-3H3,(H,23,25)/t18-/m0/s1. The van der Waals surface area contributed by atoms with Crippen LogP contribution in [0.3, 0.4) is 0 Å². The number of nitrogens with zero attached hydrogens (tertiary/aromatic N) is 1. The van der Waals surface area contributed by atoms with Gasteiger partial charge in [0.15, 0.2) is 0 Å². The first kappa shape index (κ1) is 22.1. The summed E-state index contributed by atoms with van der Waals surface area (Å²) in [6.07, 6.45) is 1.83. The van der Waals surface area contributed by atoms with E-state index >= 15 is 0 Å². The van der Waals surface area contributed by atoms with Crippen LogP contribution in [0.25, 0.3) is 0 Å². The second kappa shape index (κ2) is 9.49. The summed E-state index contributed by atoms with van der Waals surface area (Å²) in [6.45, 7) is 4.44. The van der Waals surface area contributed by atoms with Gasteiger partial charge in [-0.15, -0.1) is 0 Å². The number of sulfonamides is 1. The SMILES string of the molecule is COc1ccc(C)cc1N(CC(=O)NC[C@@H]1CCCO1)S(=O)(=O)c1ccc(C)cc1. The Labute approximate surface area is 178 Å². The predicted molar refractivity (Wildman–Crippen MR) is 115 cm³/mol. The smallest absolute Gasteiger partial charge is 0.264 e. The molecule has 1 aliphatic rings. The minimum Gasteiger partial charge on any atom is -0.495 e. The van der Waals surface area contributed by atoms with Crippen LogP contribution in [0, 0.1) is 13.8 Å². The first-order valence-corrected chi connectivity index (χ1v) is 11.4. The fourth-order valence-corrected chi connectivity index (χ4v) is 4.77. The van der Waals surface area contributed by atoms with Crippen molar-refractivity contribution < 1.29 is 22.7 Å². The number of amides is 1. The first-order chi connectivity index (χ1) is 14.3. The summed E-state index contributed by atoms with van der Waals surface area (Å²) in [5, 5.41) is 2.80. The topological polar surface area (TPSA) is 84.9 Å². The molecule has 162 valence electrons. The Hall–Kier alpha value is -2.58. The third kappa shape index (κ3) is 5.12. The molecule has 0 aliphatic carbocycles. The maximum Gasteiger partial charge on any atom is 0.264 e. The highest BCUT2D eigenvalue weighted by atomic mass is 32.2. The van der Waals surface area contributed by atoms with Crippen molar-refractivity contribution in [2.24, 2.45) is 0 Å². The number of benzene rings is 2. The first-order valence-electron chi connectivity index (χ1n) is 9.93. The van der Waals surface area contributed by atoms with Gasteiger partial charge in [-0.05, 0) is 56.5 Å². The quantitative estimate of drug-likeness (QED) is 0.693. The van der Waals surface area contributed by atoms with E-state index < -0.39 is 15.9 Å². The molecule has 0 aromatic heterocycles. The van der Waals surface area contributed by atoms with Crippen molar-refractivity contribution in [3.63, 3.8) is 0 Å². The Morgan fingerprint density at radius 1 is 1.17 bits per heavy atom. The summed E-state index contributed by atoms with van der Waals surface area (Å²) >= 11 is 0. The second-order valence-corrected chi connectivity index (χ2v) is 9.30. The molecule has 7 nitrogen and oxygen atoms in total. The summed E-state index contributed by atoms with van der Waals surface area (Å²) in [6, 6.07) is 11.8. The van der Waals surface area contributed by atoms with Crippen molar-refractivity contribution in [3.05, 3.63) is 53.6 Å². The summed E-state index contributed by atoms with van der Waals surface area (Å²) in [5.74, 6) is -0.0204. The number of hydrogen-bond donors (Lipinski definition) is 1. The number of hydrogen-bond acceptors (Lipinski definition) is 5. The van der Waals surface area contributed by atoms with Gasteiger partial charge in [0.05, 0.1) is 23.8 Å². The van der Waals surface area contributed by atoms with E-state index in [1.54, 1.807) is 36.4 Å². The van der Waals surface area contributed by atoms with E-state index in [9.17, 15) is 13.2 Å². The number of nitrogens with one attached hydrogen (secondary N) is 1. The number of carbonyl (C=O) groups is 1. The van der Waals surface area contributed by atoms with Crippen molar-refractivity contribution in [1.82, 2.24) is 5.32 Å². The van der Waals surface area contributed by atoms with Crippen molar-refractivity contribution in [2.45, 2.75) is 37.7 Å². The van der Waals surface area contributed by atoms with Crippen LogP contribution in [-0.2, 0) is 19.6 Å². The minimum absolute atomic E-state index is 0.0235. The number of anilines is 1. The fourth-order valence-electron chi connectivity index (χ4n) is 3.35. The van der Waals surface area contributed by atoms with Crippen LogP contribution in [0.5, 0.6) is 5.75 Å². The molecule has 1 amide bonds. The molecule has 0 spiro atoms. The maximum absolute atomic E-state index is 13.5. The van der Waals surface area contributed by atoms with Crippen molar-refractivity contribution in [2.75, 3.05) is 31.1 Å². The van der Waals surface area contributed by atoms with E-state index in [-0.39, 0.29) is 17.5 Å². The zero-order valence-corrected chi connectivity index (χ0v) is 18.4. The summed E-state index contributed by atoms with van der Waals surface area (Å²) in [4.78, 5) is 12.8. The molecule has 0 saturated carbocycles. The highest BCUT2D eigenvalue weighted by molar-refractivity contribution is 7.92. The molecule has 2 aromatic rings. The molecule has 1 atom stereocenters. The van der Waals surface area contributed by atoms with Crippen LogP contribution in [-0.4, -0.2) is 47.2 Å². The predicted octanol–water partition coefficient (Wildman–Crippen LogP) is 2.80. The molecule has 8 heteroatoms. The normalized spacial score (nSPS) is 16.3. The van der Waals surface area contributed by atoms with Gasteiger partial charge in [-0.3, -0.25) is 9.10 Å². The second-order valence-electron chi connectivity index (χ2n) is 7.44. The van der Waals surface area contributed by atoms with Gasteiger partial charge in [0.1, 0.15) is 12.3 Å². The fraction of sp³-hybridized carbons (Fsp3) is 0.409. The van der Waals surface area contributed by atoms with Gasteiger partial charge in [0.25, 0.3) is 10.0 Å². The van der Waals surface area contributed by atoms with Gasteiger partial charge in [0.2, 0.25) is 5.91 Å². The van der Waals surface area contributed by atoms with E-state index in [2.05, 4.69) is 5.32 Å². The van der Waals surface area contributed by atoms with E-state index in [0.717, 1.165) is 28.3 Å². The lowest BCUT2D eigenvalue weighted by Gasteiger charge is -2.26. The van der Waals surface area contributed by atoms with Crippen LogP contribution < -0.4 is 14.4 Å². The van der Waals surface area contributed by atoms with Crippen molar-refractivity contribution in [3.8, 4) is 5.75 Å². The van der Waals surface area contributed by atoms with Crippen LogP contribution >= 0.6 is 0 Å². The average Bonchev–Trinajstić information content (AvgIpc) is 3.24. The van der Waals surface area contributed by atoms with Crippen LogP contribution in [0.4, 0.5) is 5.69 Å². The van der Waals surface area contributed by atoms with Gasteiger partial charge >= 0.3 is 0 Å². The highest BCUT2D eigenvalue weighted by Crippen LogP contribution is 2.33. The van der Waals surface area contributed by atoms with Gasteiger partial charge in [0, 0.05) is 13.2 Å². The van der Waals surface area contributed by atoms with Crippen molar-refractivity contribution >= 4 is 21.6 Å². The van der Waals surface area contributed by atoms with Gasteiger partial charge < -0.3 is 14.8 Å². The van der Waals surface area contributed by atoms with Gasteiger partial charge in [-0.2, -0.15) is 0 Å². The number of rotatable bonds is 8. The molecule has 30 heavy (non-hydrogen) atoms. The van der Waals surface area contributed by atoms with E-state index in [0.29, 0.717) is 24.6 Å². The molecule has 0 bridgehead atoms. The van der Waals surface area contributed by atoms with Gasteiger partial charge in [-0.25, -0.2) is 8.42 Å². The van der Waals surface area contributed by atoms with Gasteiger partial charge in [-0.1, -0.05) is 23.8 Å². The largest absolute Gasteiger partial charge is 0.495 e. The summed E-state index contributed by atoms with van der Waals surface area (Å²) in [7, 11) is -2.52. The third-order valence-electron chi connectivity index (χ3n) is 5.05. The number of aryl methyl sites for hydroxylation is 2. The lowest BCUT2D eigenvalue weighted by atomic mass is 10.2. The molecule has 1 aliphatic heterocycles. The van der Waals surface area contributed by atoms with E-state index in [1.807, 2.05) is 19.9 Å². The zero-order chi connectivity index (χ0) is 21.7. The maximum atomic E-state index is 13.5. The minimum atomic E-state index is -3.99. The Balaban J connectivity index is 1.93. The molecular formula is C22H28N2O5S. The molecular weight excluding hydrogens is 404 g/mol. The molecule has 1 N–H and O–H groups in total. The molecule has 1 saturated heterocycles. The van der Waals surface area contributed by atoms with Crippen molar-refractivity contribution in [1.29, 1.82) is 0 Å². The van der Waals surface area contributed by atoms with Crippen LogP contribution in [0.15, 0.2) is 47.4 Å². The summed E-state index contributed by atoms with van der Waals surface area (Å²) < 4.78 is 39.0. The molecule has 1 fully saturated rings. The lowest BCUT2D eigenvalue weighted by Crippen LogP contribution is -2.43. The Bertz CT molecular complexity index is 983. The van der Waals surface area contributed by atoms with E-state index in [1.165, 1.54) is 7.11 Å². The molecule has 0 unspecified atom stereocenters. The monoisotopic (exact) mass is 432 g/mol. The Kier molecular flexibility index (Phi) is 6.99. The van der Waals surface area contributed by atoms with E-state index in [4.69, 9.17) is 9.47 Å². The zero-order valence-electron chi connectivity index (χ0n) is 17.6. The highest BCUT2D eigenvalue weighted by Gasteiger charge is 2.30. The lowest BCUT2D eigenvalue weighted by molar-refractivity contribution is -0.120. The average molecular weight is 433 g/mol. The number of ether oxygens (including phenoxy) is 2. The summed E-state index contributed by atoms with van der Waals surface area (Å²) in [5.41, 5.74) is 2.13. The third-order valence-corrected chi connectivity index (χ3v) is 6.82. The Morgan fingerprint density at radius 3 is 2.50 bits per heavy atom. The van der Waals surface area contributed by atoms with Crippen LogP contribution in [0.2, 0.25) is 0 Å². The Morgan fingerprint density at radius 2 is 1.87 bits per heavy atom. The van der Waals surface area contributed by atoms with Crippen LogP contribution in [0.1, 0.15) is 24.0 Å². The number of methoxy groups -OCH3 is 1. The molecule has 2 aromatic carbocycles.